The zero-order chi connectivity index (χ0) is 14.5. The minimum Gasteiger partial charge on any atom is -0.307 e. The van der Waals surface area contributed by atoms with Gasteiger partial charge in [0.2, 0.25) is 0 Å². The molecule has 0 amide bonds. The van der Waals surface area contributed by atoms with Crippen LogP contribution in [0.2, 0.25) is 0 Å². The highest BCUT2D eigenvalue weighted by Gasteiger charge is 2.18. The fraction of sp³-hybridized carbons (Fsp3) is 0.643. The SMILES string of the molecule is CC(C)CNC(C)c1nnnn1C(C)Cc1cccs1. The summed E-state index contributed by atoms with van der Waals surface area (Å²) in [6, 6.07) is 4.67. The molecule has 2 rings (SSSR count). The van der Waals surface area contributed by atoms with Crippen molar-refractivity contribution >= 4 is 11.3 Å². The average molecular weight is 293 g/mol. The minimum atomic E-state index is 0.165. The molecule has 5 nitrogen and oxygen atoms in total. The van der Waals surface area contributed by atoms with Gasteiger partial charge in [0.15, 0.2) is 5.82 Å². The number of rotatable bonds is 7. The minimum absolute atomic E-state index is 0.165. The molecule has 2 atom stereocenters. The van der Waals surface area contributed by atoms with E-state index in [-0.39, 0.29) is 12.1 Å². The molecule has 110 valence electrons. The van der Waals surface area contributed by atoms with E-state index in [4.69, 9.17) is 0 Å². The Morgan fingerprint density at radius 1 is 1.30 bits per heavy atom. The van der Waals surface area contributed by atoms with Crippen molar-refractivity contribution in [2.75, 3.05) is 6.54 Å². The van der Waals surface area contributed by atoms with Crippen molar-refractivity contribution in [1.29, 1.82) is 0 Å². The summed E-state index contributed by atoms with van der Waals surface area (Å²) in [6.45, 7) is 9.63. The molecule has 0 saturated carbocycles. The number of aromatic nitrogens is 4. The van der Waals surface area contributed by atoms with E-state index in [9.17, 15) is 0 Å². The first-order chi connectivity index (χ1) is 9.58. The van der Waals surface area contributed by atoms with Crippen molar-refractivity contribution in [2.24, 2.45) is 5.92 Å². The largest absolute Gasteiger partial charge is 0.307 e. The number of tetrazole rings is 1. The topological polar surface area (TPSA) is 55.6 Å². The maximum atomic E-state index is 4.19. The van der Waals surface area contributed by atoms with E-state index >= 15 is 0 Å². The third-order valence-electron chi connectivity index (χ3n) is 3.23. The van der Waals surface area contributed by atoms with E-state index in [1.54, 1.807) is 11.3 Å². The molecule has 1 N–H and O–H groups in total. The molecule has 0 bridgehead atoms. The van der Waals surface area contributed by atoms with E-state index in [2.05, 4.69) is 66.0 Å². The number of nitrogens with one attached hydrogen (secondary N) is 1. The molecular formula is C14H23N5S. The molecular weight excluding hydrogens is 270 g/mol. The lowest BCUT2D eigenvalue weighted by Gasteiger charge is -2.18. The molecule has 6 heteroatoms. The van der Waals surface area contributed by atoms with Crippen LogP contribution in [0.5, 0.6) is 0 Å². The Bertz CT molecular complexity index is 505. The molecule has 2 aromatic rings. The maximum Gasteiger partial charge on any atom is 0.168 e. The predicted octanol–water partition coefficient (Wildman–Crippen LogP) is 2.84. The summed E-state index contributed by atoms with van der Waals surface area (Å²) in [6.07, 6.45) is 0.965. The van der Waals surface area contributed by atoms with Crippen LogP contribution in [0.15, 0.2) is 17.5 Å². The van der Waals surface area contributed by atoms with Gasteiger partial charge in [0.1, 0.15) is 0 Å². The van der Waals surface area contributed by atoms with E-state index in [1.165, 1.54) is 4.88 Å². The third kappa shape index (κ3) is 3.86. The first kappa shape index (κ1) is 15.1. The summed E-state index contributed by atoms with van der Waals surface area (Å²) < 4.78 is 1.94. The van der Waals surface area contributed by atoms with Crippen molar-refractivity contribution in [1.82, 2.24) is 25.5 Å². The van der Waals surface area contributed by atoms with E-state index in [0.29, 0.717) is 5.92 Å². The lowest BCUT2D eigenvalue weighted by molar-refractivity contribution is 0.414. The predicted molar refractivity (Wildman–Crippen MR) is 81.8 cm³/mol. The standard InChI is InChI=1S/C14H23N5S/c1-10(2)9-15-12(4)14-16-17-18-19(14)11(3)8-13-6-5-7-20-13/h5-7,10-12,15H,8-9H2,1-4H3. The number of thiophene rings is 1. The molecule has 20 heavy (non-hydrogen) atoms. The molecule has 0 spiro atoms. The molecule has 0 aliphatic heterocycles. The molecule has 2 heterocycles. The van der Waals surface area contributed by atoms with Gasteiger partial charge in [-0.1, -0.05) is 19.9 Å². The van der Waals surface area contributed by atoms with Gasteiger partial charge >= 0.3 is 0 Å². The molecule has 0 radical (unpaired) electrons. The quantitative estimate of drug-likeness (QED) is 0.853. The van der Waals surface area contributed by atoms with E-state index in [0.717, 1.165) is 18.8 Å². The van der Waals surface area contributed by atoms with Crippen LogP contribution in [0.1, 0.15) is 50.5 Å². The zero-order valence-electron chi connectivity index (χ0n) is 12.6. The van der Waals surface area contributed by atoms with Crippen LogP contribution in [-0.4, -0.2) is 26.8 Å². The summed E-state index contributed by atoms with van der Waals surface area (Å²) in [5, 5.41) is 17.8. The van der Waals surface area contributed by atoms with Crippen molar-refractivity contribution in [3.05, 3.63) is 28.2 Å². The van der Waals surface area contributed by atoms with Gasteiger partial charge in [-0.15, -0.1) is 16.4 Å². The smallest absolute Gasteiger partial charge is 0.168 e. The third-order valence-corrected chi connectivity index (χ3v) is 4.13. The van der Waals surface area contributed by atoms with Crippen LogP contribution < -0.4 is 5.32 Å². The van der Waals surface area contributed by atoms with Crippen LogP contribution in [-0.2, 0) is 6.42 Å². The second kappa shape index (κ2) is 6.95. The van der Waals surface area contributed by atoms with E-state index in [1.807, 2.05) is 4.68 Å². The van der Waals surface area contributed by atoms with Crippen LogP contribution in [0, 0.1) is 5.92 Å². The van der Waals surface area contributed by atoms with Crippen LogP contribution >= 0.6 is 11.3 Å². The zero-order valence-corrected chi connectivity index (χ0v) is 13.4. The Labute approximate surface area is 124 Å². The molecule has 0 fully saturated rings. The Hall–Kier alpha value is -1.27. The van der Waals surface area contributed by atoms with Gasteiger partial charge in [-0.25, -0.2) is 4.68 Å². The highest BCUT2D eigenvalue weighted by Crippen LogP contribution is 2.20. The van der Waals surface area contributed by atoms with Crippen molar-refractivity contribution in [2.45, 2.75) is 46.2 Å². The van der Waals surface area contributed by atoms with Crippen molar-refractivity contribution in [3.8, 4) is 0 Å². The first-order valence-corrected chi connectivity index (χ1v) is 7.99. The summed E-state index contributed by atoms with van der Waals surface area (Å²) in [4.78, 5) is 1.36. The summed E-state index contributed by atoms with van der Waals surface area (Å²) in [7, 11) is 0. The Morgan fingerprint density at radius 3 is 2.75 bits per heavy atom. The molecule has 0 aliphatic rings. The van der Waals surface area contributed by atoms with Gasteiger partial charge in [0.25, 0.3) is 0 Å². The maximum absolute atomic E-state index is 4.19. The van der Waals surface area contributed by atoms with Gasteiger partial charge in [-0.05, 0) is 48.2 Å². The molecule has 0 aliphatic carbocycles. The lowest BCUT2D eigenvalue weighted by Crippen LogP contribution is -2.27. The van der Waals surface area contributed by atoms with Gasteiger partial charge < -0.3 is 5.32 Å². The van der Waals surface area contributed by atoms with Crippen LogP contribution in [0.3, 0.4) is 0 Å². The van der Waals surface area contributed by atoms with Crippen molar-refractivity contribution < 1.29 is 0 Å². The summed E-state index contributed by atoms with van der Waals surface area (Å²) >= 11 is 1.78. The number of hydrogen-bond donors (Lipinski definition) is 1. The lowest BCUT2D eigenvalue weighted by atomic mass is 10.2. The Morgan fingerprint density at radius 2 is 2.10 bits per heavy atom. The fourth-order valence-corrected chi connectivity index (χ4v) is 2.94. The molecule has 0 aromatic carbocycles. The second-order valence-electron chi connectivity index (χ2n) is 5.64. The molecule has 2 aromatic heterocycles. The van der Waals surface area contributed by atoms with Crippen molar-refractivity contribution in [3.63, 3.8) is 0 Å². The van der Waals surface area contributed by atoms with E-state index < -0.39 is 0 Å². The summed E-state index contributed by atoms with van der Waals surface area (Å²) in [5.74, 6) is 1.53. The average Bonchev–Trinajstić information content (AvgIpc) is 3.05. The summed E-state index contributed by atoms with van der Waals surface area (Å²) in [5.41, 5.74) is 0. The van der Waals surface area contributed by atoms with Crippen LogP contribution in [0.4, 0.5) is 0 Å². The number of hydrogen-bond acceptors (Lipinski definition) is 5. The number of nitrogens with zero attached hydrogens (tertiary/aromatic N) is 4. The van der Waals surface area contributed by atoms with Gasteiger partial charge in [-0.2, -0.15) is 0 Å². The highest BCUT2D eigenvalue weighted by molar-refractivity contribution is 7.09. The van der Waals surface area contributed by atoms with Gasteiger partial charge in [0, 0.05) is 11.3 Å². The Kier molecular flexibility index (Phi) is 5.25. The van der Waals surface area contributed by atoms with Gasteiger partial charge in [0.05, 0.1) is 12.1 Å². The highest BCUT2D eigenvalue weighted by atomic mass is 32.1. The molecule has 2 unspecified atom stereocenters. The monoisotopic (exact) mass is 293 g/mol. The molecule has 0 saturated heterocycles. The fourth-order valence-electron chi connectivity index (χ4n) is 2.11. The van der Waals surface area contributed by atoms with Gasteiger partial charge in [-0.3, -0.25) is 0 Å². The normalized spacial score (nSPS) is 14.7. The second-order valence-corrected chi connectivity index (χ2v) is 6.67. The van der Waals surface area contributed by atoms with Crippen LogP contribution in [0.25, 0.3) is 0 Å². The Balaban J connectivity index is 2.03. The first-order valence-electron chi connectivity index (χ1n) is 7.11.